The van der Waals surface area contributed by atoms with Gasteiger partial charge in [0.2, 0.25) is 0 Å². The number of hydrogen-bond donors (Lipinski definition) is 2. The molecule has 124 valence electrons. The molecule has 0 aromatic heterocycles. The Morgan fingerprint density at radius 2 is 1.77 bits per heavy atom. The molecule has 0 fully saturated rings. The first-order chi connectivity index (χ1) is 10.2. The van der Waals surface area contributed by atoms with Crippen molar-refractivity contribution in [2.24, 2.45) is 11.8 Å². The summed E-state index contributed by atoms with van der Waals surface area (Å²) < 4.78 is 0. The van der Waals surface area contributed by atoms with Crippen LogP contribution in [0, 0.1) is 11.8 Å². The highest BCUT2D eigenvalue weighted by atomic mass is 35.5. The van der Waals surface area contributed by atoms with E-state index >= 15 is 0 Å². The molecular formula is C18H27ClO3. The number of alkyl halides is 1. The fourth-order valence-electron chi connectivity index (χ4n) is 2.48. The molecule has 3 nitrogen and oxygen atoms in total. The average Bonchev–Trinajstić information content (AvgIpc) is 2.51. The predicted molar refractivity (Wildman–Crippen MR) is 90.3 cm³/mol. The summed E-state index contributed by atoms with van der Waals surface area (Å²) in [5.74, 6) is -0.654. The molecule has 4 heteroatoms. The zero-order valence-electron chi connectivity index (χ0n) is 13.8. The molecule has 0 saturated carbocycles. The Morgan fingerprint density at radius 3 is 2.23 bits per heavy atom. The summed E-state index contributed by atoms with van der Waals surface area (Å²) in [7, 11) is 0. The lowest BCUT2D eigenvalue weighted by molar-refractivity contribution is -0.0186. The summed E-state index contributed by atoms with van der Waals surface area (Å²) in [6.07, 6.45) is -1.18. The third-order valence-electron chi connectivity index (χ3n) is 4.54. The monoisotopic (exact) mass is 326 g/mol. The second kappa shape index (κ2) is 8.09. The third kappa shape index (κ3) is 4.55. The minimum absolute atomic E-state index is 0.0163. The zero-order chi connectivity index (χ0) is 16.9. The van der Waals surface area contributed by atoms with Gasteiger partial charge in [-0.05, 0) is 19.3 Å². The molecule has 22 heavy (non-hydrogen) atoms. The topological polar surface area (TPSA) is 57.5 Å². The first-order valence-electron chi connectivity index (χ1n) is 7.85. The molecule has 0 radical (unpaired) electrons. The van der Waals surface area contributed by atoms with E-state index < -0.39 is 23.0 Å². The SMILES string of the molecule is CCC(O)C(CC(=O)c1ccccc1)C(O)C(C)(Cl)C(C)C. The van der Waals surface area contributed by atoms with Gasteiger partial charge in [0, 0.05) is 17.9 Å². The van der Waals surface area contributed by atoms with Crippen molar-refractivity contribution in [3.8, 4) is 0 Å². The highest BCUT2D eigenvalue weighted by molar-refractivity contribution is 6.24. The van der Waals surface area contributed by atoms with Crippen molar-refractivity contribution in [3.05, 3.63) is 35.9 Å². The van der Waals surface area contributed by atoms with E-state index in [9.17, 15) is 15.0 Å². The Morgan fingerprint density at radius 1 is 1.23 bits per heavy atom. The van der Waals surface area contributed by atoms with Crippen LogP contribution in [0.3, 0.4) is 0 Å². The Hall–Kier alpha value is -0.900. The first-order valence-corrected chi connectivity index (χ1v) is 8.22. The molecule has 0 heterocycles. The number of hydrogen-bond acceptors (Lipinski definition) is 3. The summed E-state index contributed by atoms with van der Waals surface area (Å²) in [5, 5.41) is 20.9. The molecule has 4 atom stereocenters. The molecule has 0 saturated heterocycles. The normalized spacial score (nSPS) is 18.5. The van der Waals surface area contributed by atoms with Gasteiger partial charge in [-0.3, -0.25) is 4.79 Å². The fraction of sp³-hybridized carbons (Fsp3) is 0.611. The lowest BCUT2D eigenvalue weighted by Gasteiger charge is -2.38. The lowest BCUT2D eigenvalue weighted by Crippen LogP contribution is -2.48. The van der Waals surface area contributed by atoms with Crippen molar-refractivity contribution < 1.29 is 15.0 Å². The van der Waals surface area contributed by atoms with E-state index in [0.29, 0.717) is 12.0 Å². The number of Topliss-reactive ketones (excluding diaryl/α,β-unsaturated/α-hetero) is 1. The molecule has 4 unspecified atom stereocenters. The summed E-state index contributed by atoms with van der Waals surface area (Å²) in [4.78, 5) is 11.5. The number of benzene rings is 1. The van der Waals surface area contributed by atoms with Gasteiger partial charge in [0.1, 0.15) is 0 Å². The minimum atomic E-state index is -0.961. The van der Waals surface area contributed by atoms with Crippen LogP contribution >= 0.6 is 11.6 Å². The second-order valence-corrected chi connectivity index (χ2v) is 7.20. The van der Waals surface area contributed by atoms with Gasteiger partial charge in [-0.2, -0.15) is 0 Å². The van der Waals surface area contributed by atoms with E-state index in [1.54, 1.807) is 31.2 Å². The predicted octanol–water partition coefficient (Wildman–Crippen LogP) is 3.66. The molecule has 1 aromatic carbocycles. The van der Waals surface area contributed by atoms with Gasteiger partial charge < -0.3 is 10.2 Å². The van der Waals surface area contributed by atoms with E-state index in [2.05, 4.69) is 0 Å². The molecule has 1 aromatic rings. The molecule has 0 aliphatic rings. The highest BCUT2D eigenvalue weighted by Crippen LogP contribution is 2.35. The molecule has 0 amide bonds. The van der Waals surface area contributed by atoms with Crippen molar-refractivity contribution in [3.63, 3.8) is 0 Å². The van der Waals surface area contributed by atoms with Crippen molar-refractivity contribution in [1.82, 2.24) is 0 Å². The third-order valence-corrected chi connectivity index (χ3v) is 5.20. The van der Waals surface area contributed by atoms with Crippen LogP contribution < -0.4 is 0 Å². The van der Waals surface area contributed by atoms with Gasteiger partial charge in [0.05, 0.1) is 17.1 Å². The van der Waals surface area contributed by atoms with Gasteiger partial charge in [-0.1, -0.05) is 51.1 Å². The van der Waals surface area contributed by atoms with Gasteiger partial charge in [-0.15, -0.1) is 11.6 Å². The van der Waals surface area contributed by atoms with Gasteiger partial charge >= 0.3 is 0 Å². The number of ketones is 1. The molecular weight excluding hydrogens is 300 g/mol. The molecule has 0 bridgehead atoms. The van der Waals surface area contributed by atoms with Crippen LogP contribution in [0.4, 0.5) is 0 Å². The summed E-state index contributed by atoms with van der Waals surface area (Å²) in [6, 6.07) is 8.93. The van der Waals surface area contributed by atoms with Crippen LogP contribution in [0.15, 0.2) is 30.3 Å². The number of aliphatic hydroxyl groups excluding tert-OH is 2. The maximum atomic E-state index is 12.4. The molecule has 0 aliphatic carbocycles. The van der Waals surface area contributed by atoms with Crippen molar-refractivity contribution in [2.75, 3.05) is 0 Å². The number of rotatable bonds is 8. The summed E-state index contributed by atoms with van der Waals surface area (Å²) >= 11 is 6.47. The highest BCUT2D eigenvalue weighted by Gasteiger charge is 2.42. The van der Waals surface area contributed by atoms with Gasteiger partial charge in [-0.25, -0.2) is 0 Å². The van der Waals surface area contributed by atoms with E-state index in [-0.39, 0.29) is 18.1 Å². The van der Waals surface area contributed by atoms with Gasteiger partial charge in [0.25, 0.3) is 0 Å². The van der Waals surface area contributed by atoms with Gasteiger partial charge in [0.15, 0.2) is 5.78 Å². The Balaban J connectivity index is 2.97. The fourth-order valence-corrected chi connectivity index (χ4v) is 2.64. The van der Waals surface area contributed by atoms with E-state index in [1.807, 2.05) is 26.8 Å². The van der Waals surface area contributed by atoms with Crippen LogP contribution in [0.1, 0.15) is 50.9 Å². The minimum Gasteiger partial charge on any atom is -0.393 e. The number of halogens is 1. The lowest BCUT2D eigenvalue weighted by atomic mass is 9.78. The van der Waals surface area contributed by atoms with Crippen LogP contribution in [0.5, 0.6) is 0 Å². The smallest absolute Gasteiger partial charge is 0.163 e. The standard InChI is InChI=1S/C18H27ClO3/c1-5-15(20)14(17(22)18(4,19)12(2)3)11-16(21)13-9-7-6-8-10-13/h6-10,12,14-15,17,20,22H,5,11H2,1-4H3. The molecule has 0 aliphatic heterocycles. The molecule has 0 spiro atoms. The summed E-state index contributed by atoms with van der Waals surface area (Å²) in [5.41, 5.74) is 0.587. The first kappa shape index (κ1) is 19.1. The average molecular weight is 327 g/mol. The second-order valence-electron chi connectivity index (χ2n) is 6.38. The van der Waals surface area contributed by atoms with Crippen molar-refractivity contribution >= 4 is 17.4 Å². The quantitative estimate of drug-likeness (QED) is 0.566. The largest absolute Gasteiger partial charge is 0.393 e. The van der Waals surface area contributed by atoms with Crippen molar-refractivity contribution in [2.45, 2.75) is 57.6 Å². The maximum Gasteiger partial charge on any atom is 0.163 e. The van der Waals surface area contributed by atoms with E-state index in [1.165, 1.54) is 0 Å². The van der Waals surface area contributed by atoms with E-state index in [0.717, 1.165) is 0 Å². The van der Waals surface area contributed by atoms with Crippen LogP contribution in [-0.2, 0) is 0 Å². The van der Waals surface area contributed by atoms with Crippen LogP contribution in [-0.4, -0.2) is 33.1 Å². The van der Waals surface area contributed by atoms with Crippen LogP contribution in [0.2, 0.25) is 0 Å². The van der Waals surface area contributed by atoms with Crippen molar-refractivity contribution in [1.29, 1.82) is 0 Å². The zero-order valence-corrected chi connectivity index (χ0v) is 14.5. The Bertz CT molecular complexity index is 470. The Kier molecular flexibility index (Phi) is 7.04. The maximum absolute atomic E-state index is 12.4. The van der Waals surface area contributed by atoms with Crippen LogP contribution in [0.25, 0.3) is 0 Å². The Labute approximate surface area is 138 Å². The summed E-state index contributed by atoms with van der Waals surface area (Å²) in [6.45, 7) is 7.43. The molecule has 1 rings (SSSR count). The van der Waals surface area contributed by atoms with E-state index in [4.69, 9.17) is 11.6 Å². The molecule has 2 N–H and O–H groups in total. The number of carbonyl (C=O) groups is 1. The number of aliphatic hydroxyl groups is 2. The number of carbonyl (C=O) groups excluding carboxylic acids is 1.